The zero-order valence-electron chi connectivity index (χ0n) is 10.0. The lowest BCUT2D eigenvalue weighted by atomic mass is 10.2. The molecule has 0 unspecified atom stereocenters. The number of hydrogen-bond donors (Lipinski definition) is 1. The van der Waals surface area contributed by atoms with Gasteiger partial charge in [0.25, 0.3) is 0 Å². The molecule has 0 amide bonds. The average Bonchev–Trinajstić information content (AvgIpc) is 2.87. The van der Waals surface area contributed by atoms with Crippen LogP contribution in [0, 0.1) is 23.3 Å². The minimum absolute atomic E-state index is 0.249. The first-order chi connectivity index (χ1) is 9.06. The molecule has 2 heterocycles. The number of benzene rings is 1. The van der Waals surface area contributed by atoms with Gasteiger partial charge < -0.3 is 9.55 Å². The van der Waals surface area contributed by atoms with Crippen molar-refractivity contribution < 1.29 is 8.78 Å². The van der Waals surface area contributed by atoms with Crippen molar-refractivity contribution in [2.45, 2.75) is 13.5 Å². The van der Waals surface area contributed by atoms with Crippen LogP contribution in [0.2, 0.25) is 0 Å². The molecule has 0 spiro atoms. The monoisotopic (exact) mass is 296 g/mol. The Morgan fingerprint density at radius 1 is 1.32 bits per heavy atom. The van der Waals surface area contributed by atoms with E-state index in [0.717, 1.165) is 17.2 Å². The molecule has 19 heavy (non-hydrogen) atoms. The summed E-state index contributed by atoms with van der Waals surface area (Å²) < 4.78 is 29.1. The van der Waals surface area contributed by atoms with E-state index in [9.17, 15) is 8.78 Å². The highest BCUT2D eigenvalue weighted by molar-refractivity contribution is 7.71. The third-order valence-corrected chi connectivity index (χ3v) is 4.32. The molecule has 2 nitrogen and oxygen atoms in total. The minimum Gasteiger partial charge on any atom is -0.328 e. The fraction of sp³-hybridized carbons (Fsp3) is 0.154. The van der Waals surface area contributed by atoms with Crippen LogP contribution in [0.1, 0.15) is 11.1 Å². The Morgan fingerprint density at radius 2 is 2.11 bits per heavy atom. The molecular formula is C13H10F2N2S2. The number of nitrogens with one attached hydrogen (secondary N) is 1. The van der Waals surface area contributed by atoms with Crippen LogP contribution in [-0.4, -0.2) is 9.55 Å². The van der Waals surface area contributed by atoms with Gasteiger partial charge in [0.1, 0.15) is 11.3 Å². The van der Waals surface area contributed by atoms with Crippen LogP contribution in [0.3, 0.4) is 0 Å². The van der Waals surface area contributed by atoms with Crippen molar-refractivity contribution in [3.8, 4) is 0 Å². The first-order valence-electron chi connectivity index (χ1n) is 5.65. The van der Waals surface area contributed by atoms with Gasteiger partial charge in [-0.2, -0.15) is 11.3 Å². The number of rotatable bonds is 2. The molecule has 0 atom stereocenters. The van der Waals surface area contributed by atoms with Gasteiger partial charge in [0.05, 0.1) is 12.1 Å². The Labute approximate surface area is 117 Å². The first kappa shape index (κ1) is 12.5. The maximum absolute atomic E-state index is 13.7. The standard InChI is InChI=1S/C13H10F2N2S2/c1-7-5-19-6-8(7)4-17-11-3-9(14)2-10(15)12(11)16-13(17)18/h2-3,5-6H,4H2,1H3,(H,16,18). The predicted octanol–water partition coefficient (Wildman–Crippen LogP) is 4.40. The highest BCUT2D eigenvalue weighted by Gasteiger charge is 2.12. The van der Waals surface area contributed by atoms with Crippen molar-refractivity contribution in [2.24, 2.45) is 0 Å². The zero-order valence-corrected chi connectivity index (χ0v) is 11.7. The molecule has 6 heteroatoms. The molecule has 3 aromatic rings. The van der Waals surface area contributed by atoms with E-state index in [1.807, 2.05) is 17.7 Å². The summed E-state index contributed by atoms with van der Waals surface area (Å²) in [6, 6.07) is 2.15. The van der Waals surface area contributed by atoms with Crippen LogP contribution in [0.25, 0.3) is 11.0 Å². The molecule has 0 aliphatic rings. The quantitative estimate of drug-likeness (QED) is 0.695. The van der Waals surface area contributed by atoms with Gasteiger partial charge in [0.2, 0.25) is 0 Å². The van der Waals surface area contributed by atoms with Crippen molar-refractivity contribution >= 4 is 34.6 Å². The second-order valence-corrected chi connectivity index (χ2v) is 5.51. The van der Waals surface area contributed by atoms with E-state index in [4.69, 9.17) is 12.2 Å². The molecule has 0 bridgehead atoms. The van der Waals surface area contributed by atoms with Crippen LogP contribution in [0.5, 0.6) is 0 Å². The van der Waals surface area contributed by atoms with Gasteiger partial charge in [-0.05, 0) is 47.1 Å². The summed E-state index contributed by atoms with van der Waals surface area (Å²) >= 11 is 6.79. The highest BCUT2D eigenvalue weighted by atomic mass is 32.1. The van der Waals surface area contributed by atoms with E-state index in [1.165, 1.54) is 6.07 Å². The fourth-order valence-electron chi connectivity index (χ4n) is 2.06. The number of imidazole rings is 1. The van der Waals surface area contributed by atoms with Gasteiger partial charge in [0, 0.05) is 6.07 Å². The van der Waals surface area contributed by atoms with Gasteiger partial charge in [-0.15, -0.1) is 0 Å². The van der Waals surface area contributed by atoms with Crippen LogP contribution in [0.4, 0.5) is 8.78 Å². The SMILES string of the molecule is Cc1cscc1Cn1c(=S)[nH]c2c(F)cc(F)cc21. The van der Waals surface area contributed by atoms with Gasteiger partial charge in [0.15, 0.2) is 10.6 Å². The van der Waals surface area contributed by atoms with E-state index in [2.05, 4.69) is 4.98 Å². The normalized spacial score (nSPS) is 11.3. The number of aryl methyl sites for hydroxylation is 1. The molecule has 0 fully saturated rings. The number of aromatic nitrogens is 2. The maximum atomic E-state index is 13.7. The third kappa shape index (κ3) is 2.11. The van der Waals surface area contributed by atoms with Crippen LogP contribution < -0.4 is 0 Å². The summed E-state index contributed by atoms with van der Waals surface area (Å²) in [5.74, 6) is -1.23. The molecule has 0 aliphatic carbocycles. The number of fused-ring (bicyclic) bond motifs is 1. The average molecular weight is 296 g/mol. The summed E-state index contributed by atoms with van der Waals surface area (Å²) in [7, 11) is 0. The lowest BCUT2D eigenvalue weighted by Crippen LogP contribution is -2.00. The molecule has 0 aliphatic heterocycles. The maximum Gasteiger partial charge on any atom is 0.178 e. The van der Waals surface area contributed by atoms with E-state index >= 15 is 0 Å². The smallest absolute Gasteiger partial charge is 0.178 e. The predicted molar refractivity (Wildman–Crippen MR) is 75.2 cm³/mol. The minimum atomic E-state index is -0.623. The van der Waals surface area contributed by atoms with Crippen molar-refractivity contribution in [1.29, 1.82) is 0 Å². The number of thiophene rings is 1. The molecule has 98 valence electrons. The van der Waals surface area contributed by atoms with E-state index in [0.29, 0.717) is 16.8 Å². The van der Waals surface area contributed by atoms with Gasteiger partial charge in [-0.3, -0.25) is 0 Å². The summed E-state index contributed by atoms with van der Waals surface area (Å²) in [6.07, 6.45) is 0. The van der Waals surface area contributed by atoms with Crippen LogP contribution in [-0.2, 0) is 6.54 Å². The second kappa shape index (κ2) is 4.54. The second-order valence-electron chi connectivity index (χ2n) is 4.38. The molecule has 0 radical (unpaired) electrons. The summed E-state index contributed by atoms with van der Waals surface area (Å²) in [6.45, 7) is 2.52. The zero-order chi connectivity index (χ0) is 13.6. The molecule has 1 aromatic carbocycles. The first-order valence-corrected chi connectivity index (χ1v) is 7.00. The van der Waals surface area contributed by atoms with Gasteiger partial charge >= 0.3 is 0 Å². The number of hydrogen-bond acceptors (Lipinski definition) is 2. The highest BCUT2D eigenvalue weighted by Crippen LogP contribution is 2.22. The van der Waals surface area contributed by atoms with Crippen LogP contribution in [0.15, 0.2) is 22.9 Å². The third-order valence-electron chi connectivity index (χ3n) is 3.09. The number of halogens is 2. The molecule has 1 N–H and O–H groups in total. The van der Waals surface area contributed by atoms with E-state index < -0.39 is 11.6 Å². The van der Waals surface area contributed by atoms with Crippen LogP contribution >= 0.6 is 23.6 Å². The number of nitrogens with zero attached hydrogens (tertiary/aromatic N) is 1. The van der Waals surface area contributed by atoms with Gasteiger partial charge in [-0.25, -0.2) is 8.78 Å². The molecule has 0 saturated heterocycles. The number of aromatic amines is 1. The Kier molecular flexibility index (Phi) is 2.99. The van der Waals surface area contributed by atoms with Crippen molar-refractivity contribution in [3.05, 3.63) is 50.4 Å². The Hall–Kier alpha value is -1.53. The van der Waals surface area contributed by atoms with E-state index in [-0.39, 0.29) is 5.52 Å². The van der Waals surface area contributed by atoms with Crippen molar-refractivity contribution in [3.63, 3.8) is 0 Å². The number of H-pyrrole nitrogens is 1. The fourth-order valence-corrected chi connectivity index (χ4v) is 3.17. The molecule has 3 rings (SSSR count). The molecule has 2 aromatic heterocycles. The summed E-state index contributed by atoms with van der Waals surface area (Å²) in [5.41, 5.74) is 2.96. The van der Waals surface area contributed by atoms with Gasteiger partial charge in [-0.1, -0.05) is 0 Å². The van der Waals surface area contributed by atoms with Crippen molar-refractivity contribution in [2.75, 3.05) is 0 Å². The van der Waals surface area contributed by atoms with E-state index in [1.54, 1.807) is 15.9 Å². The lowest BCUT2D eigenvalue weighted by molar-refractivity contribution is 0.590. The lowest BCUT2D eigenvalue weighted by Gasteiger charge is -2.04. The van der Waals surface area contributed by atoms with Crippen molar-refractivity contribution in [1.82, 2.24) is 9.55 Å². The molecule has 0 saturated carbocycles. The summed E-state index contributed by atoms with van der Waals surface area (Å²) in [4.78, 5) is 2.79. The Bertz CT molecular complexity index is 814. The Morgan fingerprint density at radius 3 is 2.79 bits per heavy atom. The molecular weight excluding hydrogens is 286 g/mol. The topological polar surface area (TPSA) is 20.7 Å². The largest absolute Gasteiger partial charge is 0.328 e. The Balaban J connectivity index is 2.21. The summed E-state index contributed by atoms with van der Waals surface area (Å²) in [5, 5.41) is 4.06.